The Morgan fingerprint density at radius 2 is 0.795 bits per heavy atom. The zero-order chi connectivity index (χ0) is 80.6. The molecular formula is C80H116O32. The molecule has 0 amide bonds. The van der Waals surface area contributed by atoms with Crippen LogP contribution in [0.5, 0.6) is 0 Å². The monoisotopic (exact) mass is 1590 g/mol. The van der Waals surface area contributed by atoms with Crippen LogP contribution < -0.4 is 0 Å². The van der Waals surface area contributed by atoms with E-state index in [4.69, 9.17) is 75.8 Å². The van der Waals surface area contributed by atoms with Crippen molar-refractivity contribution in [3.63, 3.8) is 0 Å². The van der Waals surface area contributed by atoms with Crippen molar-refractivity contribution in [1.29, 1.82) is 0 Å². The molecule has 628 valence electrons. The Morgan fingerprint density at radius 3 is 1.20 bits per heavy atom. The summed E-state index contributed by atoms with van der Waals surface area (Å²) in [7, 11) is 0. The number of ether oxygens (including phenoxy) is 16. The molecule has 8 saturated carbocycles. The van der Waals surface area contributed by atoms with E-state index in [9.17, 15) is 79.2 Å². The van der Waals surface area contributed by atoms with Gasteiger partial charge < -0.3 is 117 Å². The van der Waals surface area contributed by atoms with Gasteiger partial charge in [0, 0.05) is 64.5 Å². The summed E-state index contributed by atoms with van der Waals surface area (Å²) in [5, 5.41) is 88.4. The van der Waals surface area contributed by atoms with Crippen molar-refractivity contribution in [3.05, 3.63) is 23.3 Å². The van der Waals surface area contributed by atoms with Crippen LogP contribution in [0, 0.1) is 69.0 Å². The number of carbonyl (C=O) groups is 8. The number of aliphatic hydroxyl groups excluding tert-OH is 6. The smallest absolute Gasteiger partial charge is 0.331 e. The highest BCUT2D eigenvalue weighted by Crippen LogP contribution is 2.72. The number of aliphatic hydroxyl groups is 8. The molecule has 0 unspecified atom stereocenters. The van der Waals surface area contributed by atoms with Crippen molar-refractivity contribution < 1.29 is 155 Å². The van der Waals surface area contributed by atoms with Crippen LogP contribution in [0.2, 0.25) is 0 Å². The Labute approximate surface area is 651 Å². The van der Waals surface area contributed by atoms with Gasteiger partial charge >= 0.3 is 47.8 Å². The maximum Gasteiger partial charge on any atom is 0.331 e. The lowest BCUT2D eigenvalue weighted by Crippen LogP contribution is -2.65. The maximum absolute atomic E-state index is 12.6. The summed E-state index contributed by atoms with van der Waals surface area (Å²) in [5.41, 5.74) is -0.465. The lowest BCUT2D eigenvalue weighted by molar-refractivity contribution is -0.356. The molecule has 14 aliphatic rings. The van der Waals surface area contributed by atoms with E-state index in [0.29, 0.717) is 63.6 Å². The van der Waals surface area contributed by atoms with Gasteiger partial charge in [0.2, 0.25) is 0 Å². The maximum atomic E-state index is 12.6. The fourth-order valence-electron chi connectivity index (χ4n) is 24.0. The van der Waals surface area contributed by atoms with Crippen LogP contribution in [0.15, 0.2) is 23.3 Å². The summed E-state index contributed by atoms with van der Waals surface area (Å²) >= 11 is 0. The summed E-state index contributed by atoms with van der Waals surface area (Å²) < 4.78 is 92.7. The average Bonchev–Trinajstić information content (AvgIpc) is 1.46. The second kappa shape index (κ2) is 33.2. The van der Waals surface area contributed by atoms with Gasteiger partial charge in [-0.1, -0.05) is 27.7 Å². The molecule has 32 nitrogen and oxygen atoms in total. The molecule has 34 atom stereocenters. The van der Waals surface area contributed by atoms with Gasteiger partial charge in [-0.25, -0.2) is 9.59 Å². The lowest BCUT2D eigenvalue weighted by Gasteiger charge is -2.64. The number of hydrogen-bond acceptors (Lipinski definition) is 32. The van der Waals surface area contributed by atoms with Crippen LogP contribution in [-0.4, -0.2) is 262 Å². The summed E-state index contributed by atoms with van der Waals surface area (Å²) in [6.07, 6.45) is -7.91. The Morgan fingerprint density at radius 1 is 0.411 bits per heavy atom. The third-order valence-corrected chi connectivity index (χ3v) is 29.3. The fourth-order valence-corrected chi connectivity index (χ4v) is 24.0. The van der Waals surface area contributed by atoms with E-state index in [1.54, 1.807) is 12.2 Å². The minimum absolute atomic E-state index is 0.0580. The van der Waals surface area contributed by atoms with E-state index >= 15 is 0 Å². The van der Waals surface area contributed by atoms with Crippen LogP contribution in [-0.2, 0) is 114 Å². The van der Waals surface area contributed by atoms with Gasteiger partial charge in [0.05, 0.1) is 49.8 Å². The number of esters is 8. The second-order valence-electron chi connectivity index (χ2n) is 35.3. The zero-order valence-electron chi connectivity index (χ0n) is 65.7. The van der Waals surface area contributed by atoms with Crippen LogP contribution in [0.25, 0.3) is 0 Å². The molecule has 0 spiro atoms. The molecule has 14 rings (SSSR count). The minimum Gasteiger partial charge on any atom is -0.458 e. The highest BCUT2D eigenvalue weighted by Gasteiger charge is 2.71. The molecule has 0 aromatic carbocycles. The summed E-state index contributed by atoms with van der Waals surface area (Å²) in [5.74, 6) is -3.43. The zero-order valence-corrected chi connectivity index (χ0v) is 65.7. The van der Waals surface area contributed by atoms with Gasteiger partial charge in [0.1, 0.15) is 62.0 Å². The molecule has 32 heteroatoms. The van der Waals surface area contributed by atoms with E-state index in [2.05, 4.69) is 27.7 Å². The molecule has 0 radical (unpaired) electrons. The minimum atomic E-state index is -1.67. The van der Waals surface area contributed by atoms with Crippen molar-refractivity contribution >= 4 is 47.8 Å². The average molecular weight is 1590 g/mol. The molecule has 0 bridgehead atoms. The predicted octanol–water partition coefficient (Wildman–Crippen LogP) is 3.21. The molecule has 0 aromatic heterocycles. The van der Waals surface area contributed by atoms with Gasteiger partial charge in [-0.2, -0.15) is 0 Å². The fraction of sp³-hybridized carbons (Fsp3) is 0.850. The number of hydrogen-bond donors (Lipinski definition) is 8. The topological polar surface area (TPSA) is 446 Å². The summed E-state index contributed by atoms with van der Waals surface area (Å²) in [6, 6.07) is 0. The van der Waals surface area contributed by atoms with Crippen LogP contribution in [0.4, 0.5) is 0 Å². The molecule has 12 fully saturated rings. The molecule has 0 aromatic rings. The largest absolute Gasteiger partial charge is 0.458 e. The molecule has 8 N–H and O–H groups in total. The Kier molecular flexibility index (Phi) is 25.0. The van der Waals surface area contributed by atoms with Gasteiger partial charge in [-0.3, -0.25) is 28.8 Å². The van der Waals surface area contributed by atoms with Crippen molar-refractivity contribution in [2.75, 3.05) is 39.6 Å². The van der Waals surface area contributed by atoms with Gasteiger partial charge in [0.15, 0.2) is 61.8 Å². The first-order valence-electron chi connectivity index (χ1n) is 40.3. The van der Waals surface area contributed by atoms with Gasteiger partial charge in [-0.05, 0) is 185 Å². The Hall–Kier alpha value is -5.40. The van der Waals surface area contributed by atoms with Crippen molar-refractivity contribution in [2.24, 2.45) is 69.0 Å². The number of cyclic esters (lactones) is 2. The molecule has 6 heterocycles. The molecule has 8 aliphatic carbocycles. The van der Waals surface area contributed by atoms with E-state index in [-0.39, 0.29) is 94.5 Å². The predicted molar refractivity (Wildman–Crippen MR) is 379 cm³/mol. The molecule has 4 saturated heterocycles. The Bertz CT molecular complexity index is 3550. The van der Waals surface area contributed by atoms with E-state index < -0.39 is 171 Å². The molecule has 6 aliphatic heterocycles. The standard InChI is InChI=1S/2C40H58O16/c1-19(42)51-32-28(45)18-50-36(31(32)47)56-33-29(16-41)55-37(35(53-21(3)44)34(33)52-20(2)43)54-24-8-11-38(4)23(15-24)6-7-27-26(38)9-12-39(5)25(10-13-40(27,39)48)22-14-30(46)49-17-22;1-19(42)51-33-31(47)28(45)18-50-36(33)56-32-29(16-41)55-37(35(53-21(3)44)34(32)52-20(2)43)54-24-8-11-38(4)23(15-24)6-7-27-26(38)9-12-39(5)25(10-13-40(27,39)48)22-14-30(46)49-17-22/h2*14,23-29,31-37,41,45,47-48H,6-13,15-18H2,1-5H3/t23-,24+,25-,26+,27-,28-,29-,31-,32+,33-,34-,35-,36+,37-,38+,39-,40+;23-,24+,25-,26+,27-,28-,29-,31+,32-,33-,34-,35-,36+,37-,38+,39-,40+/m11/s1. The summed E-state index contributed by atoms with van der Waals surface area (Å²) in [6.45, 7) is 14.6. The van der Waals surface area contributed by atoms with E-state index in [0.717, 1.165) is 116 Å². The summed E-state index contributed by atoms with van der Waals surface area (Å²) in [4.78, 5) is 97.6. The van der Waals surface area contributed by atoms with E-state index in [1.807, 2.05) is 0 Å². The van der Waals surface area contributed by atoms with Crippen LogP contribution >= 0.6 is 0 Å². The highest BCUT2D eigenvalue weighted by molar-refractivity contribution is 5.86. The number of fused-ring (bicyclic) bond motifs is 10. The normalized spacial score (nSPS) is 47.4. The first-order chi connectivity index (χ1) is 53.0. The first kappa shape index (κ1) is 84.5. The van der Waals surface area contributed by atoms with Crippen molar-refractivity contribution in [3.8, 4) is 0 Å². The third kappa shape index (κ3) is 15.8. The van der Waals surface area contributed by atoms with Crippen molar-refractivity contribution in [2.45, 2.75) is 319 Å². The quantitative estimate of drug-likeness (QED) is 0.0555. The number of carbonyl (C=O) groups excluding carboxylic acids is 8. The SMILES string of the molecule is CC(=O)O[C@H]1[C@@H](OC(C)=O)[C@H](O[C@H]2CC[C@@]3(C)[C@H](CC[C@@H]4[C@@H]3CC[C@]3(C)[C@@H](C5=CC(=O)OC5)CC[C@]43O)C2)O[C@H](CO)[C@H]1O[C@@H]1OC[C@@H](O)[C@H](O)[C@H]1OC(C)=O.CC(=O)O[C@H]1[C@@H](OC(C)=O)[C@H](O[C@H]2CC[C@@]3(C)[C@H](CC[C@@H]4[C@@H]3CC[C@]3(C)[C@@H](C5=CC(=O)OC5)CC[C@]43O)C2)O[C@H](CO)[C@H]1O[C@@H]1OC[C@@H](O)[C@H](OC(C)=O)[C@H]1O. The Balaban J connectivity index is 0.000000196. The molecular weight excluding hydrogens is 1470 g/mol. The van der Waals surface area contributed by atoms with Crippen molar-refractivity contribution in [1.82, 2.24) is 0 Å². The highest BCUT2D eigenvalue weighted by atomic mass is 16.8. The molecule has 112 heavy (non-hydrogen) atoms. The van der Waals surface area contributed by atoms with Crippen LogP contribution in [0.3, 0.4) is 0 Å². The van der Waals surface area contributed by atoms with E-state index in [1.165, 1.54) is 13.8 Å². The first-order valence-corrected chi connectivity index (χ1v) is 40.3. The third-order valence-electron chi connectivity index (χ3n) is 29.3. The van der Waals surface area contributed by atoms with Gasteiger partial charge in [0.25, 0.3) is 0 Å². The van der Waals surface area contributed by atoms with Crippen LogP contribution in [0.1, 0.15) is 185 Å². The second-order valence-corrected chi connectivity index (χ2v) is 35.3. The number of rotatable bonds is 18. The lowest BCUT2D eigenvalue weighted by atomic mass is 9.43. The van der Waals surface area contributed by atoms with Gasteiger partial charge in [-0.15, -0.1) is 0 Å².